The number of hydrogen-bond acceptors (Lipinski definition) is 3. The molecule has 2 aromatic carbocycles. The molecule has 0 unspecified atom stereocenters. The fraction of sp³-hybridized carbons (Fsp3) is 0.350. The van der Waals surface area contributed by atoms with Crippen LogP contribution >= 0.6 is 0 Å². The van der Waals surface area contributed by atoms with Crippen molar-refractivity contribution in [3.05, 3.63) is 53.8 Å². The van der Waals surface area contributed by atoms with E-state index in [1.54, 1.807) is 31.4 Å². The number of anilines is 2. The Morgan fingerprint density at radius 1 is 1.16 bits per heavy atom. The lowest BCUT2D eigenvalue weighted by atomic mass is 9.68. The van der Waals surface area contributed by atoms with E-state index in [4.69, 9.17) is 10.5 Å². The number of halogens is 1. The van der Waals surface area contributed by atoms with Gasteiger partial charge in [0.25, 0.3) is 0 Å². The largest absolute Gasteiger partial charge is 0.495 e. The number of nitrogens with two attached hydrogens (primary N) is 1. The first kappa shape index (κ1) is 17.3. The van der Waals surface area contributed by atoms with Crippen molar-refractivity contribution in [2.24, 2.45) is 0 Å². The minimum Gasteiger partial charge on any atom is -0.495 e. The van der Waals surface area contributed by atoms with E-state index < -0.39 is 5.41 Å². The van der Waals surface area contributed by atoms with E-state index in [-0.39, 0.29) is 11.7 Å². The van der Waals surface area contributed by atoms with Gasteiger partial charge in [-0.15, -0.1) is 0 Å². The van der Waals surface area contributed by atoms with Crippen molar-refractivity contribution in [1.29, 1.82) is 0 Å². The van der Waals surface area contributed by atoms with E-state index in [0.717, 1.165) is 24.8 Å². The lowest BCUT2D eigenvalue weighted by molar-refractivity contribution is -0.122. The highest BCUT2D eigenvalue weighted by atomic mass is 19.1. The molecule has 0 saturated heterocycles. The van der Waals surface area contributed by atoms with E-state index in [1.165, 1.54) is 12.1 Å². The zero-order valence-electron chi connectivity index (χ0n) is 14.3. The summed E-state index contributed by atoms with van der Waals surface area (Å²) in [6, 6.07) is 11.6. The SMILES string of the molecule is COc1ccc(NC(=O)C2(c3cccc(F)c3)CCCCC2)cc1N. The van der Waals surface area contributed by atoms with Crippen molar-refractivity contribution in [2.75, 3.05) is 18.2 Å². The molecule has 0 radical (unpaired) electrons. The van der Waals surface area contributed by atoms with Crippen molar-refractivity contribution < 1.29 is 13.9 Å². The van der Waals surface area contributed by atoms with Crippen LogP contribution < -0.4 is 15.8 Å². The number of rotatable bonds is 4. The van der Waals surface area contributed by atoms with Gasteiger partial charge in [0.2, 0.25) is 5.91 Å². The molecular weight excluding hydrogens is 319 g/mol. The maximum absolute atomic E-state index is 13.8. The van der Waals surface area contributed by atoms with Gasteiger partial charge in [-0.2, -0.15) is 0 Å². The Kier molecular flexibility index (Phi) is 4.93. The zero-order valence-corrected chi connectivity index (χ0v) is 14.3. The number of nitrogen functional groups attached to an aromatic ring is 1. The molecule has 3 N–H and O–H groups in total. The molecule has 2 aromatic rings. The predicted octanol–water partition coefficient (Wildman–Crippen LogP) is 4.26. The number of carbonyl (C=O) groups is 1. The summed E-state index contributed by atoms with van der Waals surface area (Å²) in [4.78, 5) is 13.2. The molecule has 0 bridgehead atoms. The third-order valence-electron chi connectivity index (χ3n) is 5.01. The molecule has 1 aliphatic carbocycles. The van der Waals surface area contributed by atoms with Gasteiger partial charge in [0.15, 0.2) is 0 Å². The summed E-state index contributed by atoms with van der Waals surface area (Å²) in [6.07, 6.45) is 4.44. The minimum atomic E-state index is -0.699. The van der Waals surface area contributed by atoms with Crippen LogP contribution in [0.1, 0.15) is 37.7 Å². The molecule has 132 valence electrons. The number of benzene rings is 2. The quantitative estimate of drug-likeness (QED) is 0.816. The number of nitrogens with one attached hydrogen (secondary N) is 1. The van der Waals surface area contributed by atoms with Crippen LogP contribution in [0.4, 0.5) is 15.8 Å². The van der Waals surface area contributed by atoms with Crippen LogP contribution in [0.25, 0.3) is 0 Å². The number of hydrogen-bond donors (Lipinski definition) is 2. The number of ether oxygens (including phenoxy) is 1. The fourth-order valence-electron chi connectivity index (χ4n) is 3.65. The van der Waals surface area contributed by atoms with Gasteiger partial charge in [-0.1, -0.05) is 31.4 Å². The monoisotopic (exact) mass is 342 g/mol. The minimum absolute atomic E-state index is 0.109. The van der Waals surface area contributed by atoms with Crippen LogP contribution in [0.5, 0.6) is 5.75 Å². The van der Waals surface area contributed by atoms with E-state index in [2.05, 4.69) is 5.32 Å². The van der Waals surface area contributed by atoms with Gasteiger partial charge in [-0.3, -0.25) is 4.79 Å². The summed E-state index contributed by atoms with van der Waals surface area (Å²) in [5.41, 5.74) is 7.04. The van der Waals surface area contributed by atoms with E-state index in [0.29, 0.717) is 30.0 Å². The van der Waals surface area contributed by atoms with Crippen molar-refractivity contribution in [3.8, 4) is 5.75 Å². The van der Waals surface area contributed by atoms with Crippen LogP contribution in [0.3, 0.4) is 0 Å². The van der Waals surface area contributed by atoms with Gasteiger partial charge in [0, 0.05) is 5.69 Å². The first-order valence-electron chi connectivity index (χ1n) is 8.56. The highest BCUT2D eigenvalue weighted by Crippen LogP contribution is 2.41. The average Bonchev–Trinajstić information content (AvgIpc) is 2.62. The smallest absolute Gasteiger partial charge is 0.235 e. The van der Waals surface area contributed by atoms with Crippen LogP contribution in [-0.4, -0.2) is 13.0 Å². The average molecular weight is 342 g/mol. The molecule has 3 rings (SSSR count). The molecule has 0 atom stereocenters. The van der Waals surface area contributed by atoms with Gasteiger partial charge in [-0.25, -0.2) is 4.39 Å². The second-order valence-electron chi connectivity index (χ2n) is 6.56. The number of amides is 1. The third-order valence-corrected chi connectivity index (χ3v) is 5.01. The summed E-state index contributed by atoms with van der Waals surface area (Å²) >= 11 is 0. The van der Waals surface area contributed by atoms with Crippen molar-refractivity contribution >= 4 is 17.3 Å². The Hall–Kier alpha value is -2.56. The Morgan fingerprint density at radius 3 is 2.56 bits per heavy atom. The maximum Gasteiger partial charge on any atom is 0.235 e. The van der Waals surface area contributed by atoms with E-state index in [1.807, 2.05) is 6.07 Å². The second kappa shape index (κ2) is 7.13. The molecule has 5 heteroatoms. The fourth-order valence-corrected chi connectivity index (χ4v) is 3.65. The molecule has 1 saturated carbocycles. The second-order valence-corrected chi connectivity index (χ2v) is 6.56. The zero-order chi connectivity index (χ0) is 17.9. The third kappa shape index (κ3) is 3.45. The summed E-state index contributed by atoms with van der Waals surface area (Å²) in [5, 5.41) is 2.97. The van der Waals surface area contributed by atoms with Gasteiger partial charge < -0.3 is 15.8 Å². The van der Waals surface area contributed by atoms with Crippen LogP contribution in [0.2, 0.25) is 0 Å². The van der Waals surface area contributed by atoms with Crippen LogP contribution in [-0.2, 0) is 10.2 Å². The highest BCUT2D eigenvalue weighted by Gasteiger charge is 2.41. The van der Waals surface area contributed by atoms with Gasteiger partial charge in [0.05, 0.1) is 18.2 Å². The van der Waals surface area contributed by atoms with E-state index >= 15 is 0 Å². The Balaban J connectivity index is 1.91. The topological polar surface area (TPSA) is 64.3 Å². The van der Waals surface area contributed by atoms with Crippen molar-refractivity contribution in [1.82, 2.24) is 0 Å². The molecule has 1 fully saturated rings. The highest BCUT2D eigenvalue weighted by molar-refractivity contribution is 5.99. The molecule has 0 heterocycles. The van der Waals surface area contributed by atoms with Crippen molar-refractivity contribution in [2.45, 2.75) is 37.5 Å². The van der Waals surface area contributed by atoms with E-state index in [9.17, 15) is 9.18 Å². The normalized spacial score (nSPS) is 16.2. The van der Waals surface area contributed by atoms with Gasteiger partial charge >= 0.3 is 0 Å². The summed E-state index contributed by atoms with van der Waals surface area (Å²) < 4.78 is 18.9. The Labute approximate surface area is 147 Å². The molecule has 1 amide bonds. The molecule has 0 aromatic heterocycles. The molecule has 1 aliphatic rings. The maximum atomic E-state index is 13.8. The predicted molar refractivity (Wildman–Crippen MR) is 97.2 cm³/mol. The summed E-state index contributed by atoms with van der Waals surface area (Å²) in [7, 11) is 1.55. The van der Waals surface area contributed by atoms with Crippen LogP contribution in [0, 0.1) is 5.82 Å². The van der Waals surface area contributed by atoms with Gasteiger partial charge in [0.1, 0.15) is 11.6 Å². The van der Waals surface area contributed by atoms with Crippen molar-refractivity contribution in [3.63, 3.8) is 0 Å². The molecule has 25 heavy (non-hydrogen) atoms. The standard InChI is InChI=1S/C20H23FN2O2/c1-25-18-9-8-16(13-17(18)22)23-19(24)20(10-3-2-4-11-20)14-6-5-7-15(21)12-14/h5-9,12-13H,2-4,10-11,22H2,1H3,(H,23,24). The Morgan fingerprint density at radius 2 is 1.92 bits per heavy atom. The summed E-state index contributed by atoms with van der Waals surface area (Å²) in [6.45, 7) is 0. The summed E-state index contributed by atoms with van der Waals surface area (Å²) in [5.74, 6) is 0.141. The first-order chi connectivity index (χ1) is 12.0. The lowest BCUT2D eigenvalue weighted by Crippen LogP contribution is -2.42. The number of carbonyl (C=O) groups excluding carboxylic acids is 1. The molecule has 0 aliphatic heterocycles. The lowest BCUT2D eigenvalue weighted by Gasteiger charge is -2.36. The van der Waals surface area contributed by atoms with Crippen LogP contribution in [0.15, 0.2) is 42.5 Å². The Bertz CT molecular complexity index is 770. The number of methoxy groups -OCH3 is 1. The first-order valence-corrected chi connectivity index (χ1v) is 8.56. The molecule has 4 nitrogen and oxygen atoms in total. The molecular formula is C20H23FN2O2. The van der Waals surface area contributed by atoms with Gasteiger partial charge in [-0.05, 0) is 48.7 Å². The molecule has 0 spiro atoms.